The Hall–Kier alpha value is -4.90. The molecule has 6 rings (SSSR count). The molecule has 3 aromatic carbocycles. The van der Waals surface area contributed by atoms with Gasteiger partial charge in [-0.1, -0.05) is 86.6 Å². The van der Waals surface area contributed by atoms with E-state index < -0.39 is 0 Å². The quantitative estimate of drug-likeness (QED) is 0.152. The van der Waals surface area contributed by atoms with Crippen molar-refractivity contribution in [1.29, 1.82) is 0 Å². The van der Waals surface area contributed by atoms with E-state index in [9.17, 15) is 0 Å². The minimum atomic E-state index is 0.292. The third-order valence-electron chi connectivity index (χ3n) is 6.74. The van der Waals surface area contributed by atoms with Crippen LogP contribution in [-0.2, 0) is 0 Å². The van der Waals surface area contributed by atoms with Gasteiger partial charge in [-0.05, 0) is 46.9 Å². The highest BCUT2D eigenvalue weighted by Gasteiger charge is 2.14. The van der Waals surface area contributed by atoms with Crippen LogP contribution in [-0.4, -0.2) is 20.8 Å². The van der Waals surface area contributed by atoms with Gasteiger partial charge in [0.2, 0.25) is 0 Å². The van der Waals surface area contributed by atoms with Gasteiger partial charge in [0.15, 0.2) is 5.82 Å². The van der Waals surface area contributed by atoms with E-state index in [1.807, 2.05) is 60.9 Å². The van der Waals surface area contributed by atoms with Crippen LogP contribution in [0.25, 0.3) is 44.1 Å². The molecule has 0 unspecified atom stereocenters. The van der Waals surface area contributed by atoms with Gasteiger partial charge < -0.3 is 5.73 Å². The first-order chi connectivity index (χ1) is 18.6. The first kappa shape index (κ1) is 23.5. The Kier molecular flexibility index (Phi) is 6.10. The van der Waals surface area contributed by atoms with Crippen LogP contribution in [0.5, 0.6) is 0 Å². The molecule has 0 amide bonds. The Morgan fingerprint density at radius 3 is 2.26 bits per heavy atom. The number of aliphatic imine (C=N–C) groups is 1. The molecule has 184 valence electrons. The molecule has 0 saturated heterocycles. The molecule has 0 saturated carbocycles. The van der Waals surface area contributed by atoms with Gasteiger partial charge in [0.25, 0.3) is 0 Å². The van der Waals surface area contributed by atoms with Gasteiger partial charge in [0, 0.05) is 40.0 Å². The van der Waals surface area contributed by atoms with E-state index in [4.69, 9.17) is 10.7 Å². The van der Waals surface area contributed by atoms with Crippen molar-refractivity contribution < 1.29 is 0 Å². The molecule has 5 heteroatoms. The number of benzene rings is 3. The van der Waals surface area contributed by atoms with Crippen molar-refractivity contribution >= 4 is 33.5 Å². The van der Waals surface area contributed by atoms with Crippen molar-refractivity contribution in [3.8, 4) is 22.3 Å². The molecule has 5 nitrogen and oxygen atoms in total. The molecule has 6 aromatic rings. The Morgan fingerprint density at radius 1 is 0.737 bits per heavy atom. The summed E-state index contributed by atoms with van der Waals surface area (Å²) in [6.45, 7) is 4.33. The topological polar surface area (TPSA) is 77.0 Å². The molecule has 0 spiro atoms. The maximum Gasteiger partial charge on any atom is 0.154 e. The molecule has 0 bridgehead atoms. The summed E-state index contributed by atoms with van der Waals surface area (Å²) in [5, 5.41) is 2.17. The summed E-state index contributed by atoms with van der Waals surface area (Å²) < 4.78 is 0. The molecule has 3 heterocycles. The van der Waals surface area contributed by atoms with Crippen LogP contribution in [0, 0.1) is 0 Å². The van der Waals surface area contributed by atoms with Crippen LogP contribution in [0.15, 0.2) is 114 Å². The van der Waals surface area contributed by atoms with Crippen LogP contribution >= 0.6 is 0 Å². The van der Waals surface area contributed by atoms with Crippen molar-refractivity contribution in [2.24, 2.45) is 10.7 Å². The van der Waals surface area contributed by atoms with E-state index in [-0.39, 0.29) is 0 Å². The zero-order valence-corrected chi connectivity index (χ0v) is 21.3. The van der Waals surface area contributed by atoms with E-state index in [0.29, 0.717) is 17.6 Å². The van der Waals surface area contributed by atoms with E-state index in [1.54, 1.807) is 0 Å². The van der Waals surface area contributed by atoms with E-state index in [2.05, 4.69) is 77.3 Å². The number of aromatic nitrogens is 3. The smallest absolute Gasteiger partial charge is 0.154 e. The fourth-order valence-corrected chi connectivity index (χ4v) is 4.64. The molecule has 0 aliphatic heterocycles. The first-order valence-electron chi connectivity index (χ1n) is 12.7. The van der Waals surface area contributed by atoms with Gasteiger partial charge in [-0.2, -0.15) is 0 Å². The second kappa shape index (κ2) is 9.87. The van der Waals surface area contributed by atoms with Crippen molar-refractivity contribution in [2.75, 3.05) is 0 Å². The van der Waals surface area contributed by atoms with Crippen molar-refractivity contribution in [3.63, 3.8) is 0 Å². The number of fused-ring (bicyclic) bond motifs is 3. The van der Waals surface area contributed by atoms with E-state index >= 15 is 0 Å². The number of hydrogen-bond acceptors (Lipinski definition) is 4. The molecule has 0 aliphatic carbocycles. The summed E-state index contributed by atoms with van der Waals surface area (Å²) in [6, 6.07) is 32.7. The third kappa shape index (κ3) is 4.50. The van der Waals surface area contributed by atoms with Crippen molar-refractivity contribution in [1.82, 2.24) is 15.0 Å². The maximum absolute atomic E-state index is 6.37. The highest BCUT2D eigenvalue weighted by atomic mass is 14.9. The fraction of sp³-hybridized carbons (Fsp3) is 0.0909. The van der Waals surface area contributed by atoms with Crippen LogP contribution in [0.2, 0.25) is 0 Å². The second-order valence-electron chi connectivity index (χ2n) is 9.63. The molecule has 2 N–H and O–H groups in total. The minimum absolute atomic E-state index is 0.292. The van der Waals surface area contributed by atoms with Crippen molar-refractivity contribution in [2.45, 2.75) is 19.8 Å². The predicted octanol–water partition coefficient (Wildman–Crippen LogP) is 7.67. The zero-order valence-electron chi connectivity index (χ0n) is 21.3. The standard InChI is InChI=1S/C33H27N5/c1-21(2)29-19-28(27-16-14-24-9-6-18-35-31(24)32(27)37-29)23-10-12-25(13-11-23)33(34)38-30-17-15-26(20-36-30)22-7-4-3-5-8-22/h3-21H,1-2H3,(H2,34,36,38). The lowest BCUT2D eigenvalue weighted by Crippen LogP contribution is -2.12. The second-order valence-corrected chi connectivity index (χ2v) is 9.63. The van der Waals surface area contributed by atoms with Crippen LogP contribution in [0.1, 0.15) is 31.0 Å². The lowest BCUT2D eigenvalue weighted by Gasteiger charge is -2.14. The average Bonchev–Trinajstić information content (AvgIpc) is 2.97. The van der Waals surface area contributed by atoms with E-state index in [0.717, 1.165) is 55.3 Å². The normalized spacial score (nSPS) is 11.9. The number of amidine groups is 1. The average molecular weight is 494 g/mol. The summed E-state index contributed by atoms with van der Waals surface area (Å²) in [7, 11) is 0. The molecule has 0 fully saturated rings. The molecule has 38 heavy (non-hydrogen) atoms. The number of nitrogens with zero attached hydrogens (tertiary/aromatic N) is 4. The molecule has 0 radical (unpaired) electrons. The monoisotopic (exact) mass is 493 g/mol. The molecular formula is C33H27N5. The summed E-state index contributed by atoms with van der Waals surface area (Å²) in [5.41, 5.74) is 14.5. The van der Waals surface area contributed by atoms with Gasteiger partial charge in [-0.3, -0.25) is 9.97 Å². The van der Waals surface area contributed by atoms with Crippen LogP contribution in [0.3, 0.4) is 0 Å². The highest BCUT2D eigenvalue weighted by Crippen LogP contribution is 2.34. The van der Waals surface area contributed by atoms with E-state index in [1.165, 1.54) is 0 Å². The summed E-state index contributed by atoms with van der Waals surface area (Å²) in [6.07, 6.45) is 3.65. The lowest BCUT2D eigenvalue weighted by atomic mass is 9.95. The molecule has 3 aromatic heterocycles. The summed E-state index contributed by atoms with van der Waals surface area (Å²) >= 11 is 0. The number of nitrogens with two attached hydrogens (primary N) is 1. The number of rotatable bonds is 5. The number of hydrogen-bond donors (Lipinski definition) is 1. The first-order valence-corrected chi connectivity index (χ1v) is 12.7. The SMILES string of the molecule is CC(C)c1cc(-c2ccc(C(N)=Nc3ccc(-c4ccccc4)cn3)cc2)c2ccc3cccnc3c2n1. The summed E-state index contributed by atoms with van der Waals surface area (Å²) in [5.74, 6) is 1.29. The molecule has 0 aliphatic rings. The predicted molar refractivity (Wildman–Crippen MR) is 157 cm³/mol. The lowest BCUT2D eigenvalue weighted by molar-refractivity contribution is 0.831. The Balaban J connectivity index is 1.34. The Morgan fingerprint density at radius 2 is 1.53 bits per heavy atom. The van der Waals surface area contributed by atoms with Gasteiger partial charge in [0.1, 0.15) is 5.84 Å². The maximum atomic E-state index is 6.37. The molecular weight excluding hydrogens is 466 g/mol. The zero-order chi connectivity index (χ0) is 26.1. The highest BCUT2D eigenvalue weighted by molar-refractivity contribution is 6.08. The molecule has 0 atom stereocenters. The third-order valence-corrected chi connectivity index (χ3v) is 6.74. The van der Waals surface area contributed by atoms with Crippen molar-refractivity contribution in [3.05, 3.63) is 121 Å². The minimum Gasteiger partial charge on any atom is -0.383 e. The summed E-state index contributed by atoms with van der Waals surface area (Å²) in [4.78, 5) is 18.7. The van der Waals surface area contributed by atoms with Gasteiger partial charge >= 0.3 is 0 Å². The number of pyridine rings is 3. The van der Waals surface area contributed by atoms with Gasteiger partial charge in [-0.25, -0.2) is 9.98 Å². The van der Waals surface area contributed by atoms with Gasteiger partial charge in [0.05, 0.1) is 11.0 Å². The van der Waals surface area contributed by atoms with Crippen LogP contribution < -0.4 is 5.73 Å². The largest absolute Gasteiger partial charge is 0.383 e. The van der Waals surface area contributed by atoms with Crippen LogP contribution in [0.4, 0.5) is 5.82 Å². The van der Waals surface area contributed by atoms with Gasteiger partial charge in [-0.15, -0.1) is 0 Å². The fourth-order valence-electron chi connectivity index (χ4n) is 4.64. The Bertz CT molecular complexity index is 1770. The Labute approximate surface area is 221 Å².